The van der Waals surface area contributed by atoms with Crippen molar-refractivity contribution in [1.29, 1.82) is 0 Å². The number of nitrogens with zero attached hydrogens (tertiary/aromatic N) is 2. The molecule has 0 bridgehead atoms. The molecule has 1 saturated heterocycles. The lowest BCUT2D eigenvalue weighted by Crippen LogP contribution is -2.47. The third kappa shape index (κ3) is 37.0. The molecular formula is C54H110N6O2. The maximum Gasteiger partial charge on any atom is 0.223 e. The number of nitrogens with one attached hydrogen (secondary N) is 4. The zero-order chi connectivity index (χ0) is 44.8. The molecule has 1 rings (SSSR count). The molecule has 8 nitrogen and oxygen atoms in total. The van der Waals surface area contributed by atoms with Crippen molar-refractivity contribution in [2.75, 3.05) is 78.5 Å². The van der Waals surface area contributed by atoms with Gasteiger partial charge in [0.1, 0.15) is 0 Å². The van der Waals surface area contributed by atoms with Crippen molar-refractivity contribution in [3.8, 4) is 0 Å². The zero-order valence-corrected chi connectivity index (χ0v) is 42.4. The number of carbonyl (C=O) groups is 2. The van der Waals surface area contributed by atoms with E-state index in [0.29, 0.717) is 11.8 Å². The lowest BCUT2D eigenvalue weighted by Gasteiger charge is -2.34. The molecule has 2 amide bonds. The molecule has 62 heavy (non-hydrogen) atoms. The predicted octanol–water partition coefficient (Wildman–Crippen LogP) is 12.6. The summed E-state index contributed by atoms with van der Waals surface area (Å²) >= 11 is 0. The molecule has 0 saturated carbocycles. The van der Waals surface area contributed by atoms with Gasteiger partial charge in [-0.25, -0.2) is 0 Å². The van der Waals surface area contributed by atoms with Crippen LogP contribution < -0.4 is 21.3 Å². The van der Waals surface area contributed by atoms with E-state index >= 15 is 0 Å². The van der Waals surface area contributed by atoms with Gasteiger partial charge in [0.25, 0.3) is 0 Å². The lowest BCUT2D eigenvalue weighted by atomic mass is 9.93. The monoisotopic (exact) mass is 875 g/mol. The van der Waals surface area contributed by atoms with E-state index in [1.807, 2.05) is 0 Å². The van der Waals surface area contributed by atoms with Gasteiger partial charge < -0.3 is 31.1 Å². The average Bonchev–Trinajstić information content (AvgIpc) is 3.28. The fraction of sp³-hybridized carbons (Fsp3) is 0.963. The Hall–Kier alpha value is -1.22. The molecule has 2 unspecified atom stereocenters. The Balaban J connectivity index is 1.97. The lowest BCUT2D eigenvalue weighted by molar-refractivity contribution is -0.126. The SMILES string of the molecule is CCCCCCCCC(CCCCCC)C(=O)NCCCCCCNCCCN1CCN(CCCNCCCCCCNC(=O)C(CCCCCC)CCCCCCCC)CC1. The van der Waals surface area contributed by atoms with Crippen LogP contribution in [0.15, 0.2) is 0 Å². The van der Waals surface area contributed by atoms with Crippen molar-refractivity contribution in [3.63, 3.8) is 0 Å². The summed E-state index contributed by atoms with van der Waals surface area (Å²) in [6.07, 6.45) is 42.1. The summed E-state index contributed by atoms with van der Waals surface area (Å²) in [4.78, 5) is 31.3. The second-order valence-electron chi connectivity index (χ2n) is 19.5. The Labute approximate surface area is 387 Å². The second kappa shape index (κ2) is 46.3. The smallest absolute Gasteiger partial charge is 0.223 e. The molecule has 0 aromatic heterocycles. The molecule has 368 valence electrons. The van der Waals surface area contributed by atoms with E-state index in [1.54, 1.807) is 0 Å². The number of amides is 2. The summed E-state index contributed by atoms with van der Waals surface area (Å²) in [5, 5.41) is 14.0. The van der Waals surface area contributed by atoms with Gasteiger partial charge in [-0.1, -0.05) is 182 Å². The summed E-state index contributed by atoms with van der Waals surface area (Å²) in [5.41, 5.74) is 0. The van der Waals surface area contributed by atoms with Gasteiger partial charge in [0, 0.05) is 51.1 Å². The summed E-state index contributed by atoms with van der Waals surface area (Å²) in [7, 11) is 0. The van der Waals surface area contributed by atoms with Crippen LogP contribution in [0.5, 0.6) is 0 Å². The maximum absolute atomic E-state index is 13.0. The van der Waals surface area contributed by atoms with E-state index in [0.717, 1.165) is 77.8 Å². The van der Waals surface area contributed by atoms with Crippen LogP contribution in [0.1, 0.15) is 246 Å². The topological polar surface area (TPSA) is 88.7 Å². The highest BCUT2D eigenvalue weighted by molar-refractivity contribution is 5.78. The highest BCUT2D eigenvalue weighted by atomic mass is 16.2. The number of hydrogen-bond acceptors (Lipinski definition) is 6. The van der Waals surface area contributed by atoms with Gasteiger partial charge in [-0.15, -0.1) is 0 Å². The van der Waals surface area contributed by atoms with Gasteiger partial charge in [-0.3, -0.25) is 9.59 Å². The maximum atomic E-state index is 13.0. The summed E-state index contributed by atoms with van der Waals surface area (Å²) in [5.74, 6) is 1.11. The first-order valence-corrected chi connectivity index (χ1v) is 28.0. The number of carbonyl (C=O) groups excluding carboxylic acids is 2. The highest BCUT2D eigenvalue weighted by Crippen LogP contribution is 2.21. The summed E-state index contributed by atoms with van der Waals surface area (Å²) in [6.45, 7) is 22.5. The van der Waals surface area contributed by atoms with Gasteiger partial charge >= 0.3 is 0 Å². The van der Waals surface area contributed by atoms with Crippen LogP contribution in [-0.4, -0.2) is 100 Å². The van der Waals surface area contributed by atoms with Gasteiger partial charge in [0.2, 0.25) is 11.8 Å². The fourth-order valence-electron chi connectivity index (χ4n) is 9.30. The van der Waals surface area contributed by atoms with Crippen LogP contribution >= 0.6 is 0 Å². The minimum Gasteiger partial charge on any atom is -0.356 e. The molecule has 2 atom stereocenters. The molecule has 4 N–H and O–H groups in total. The molecular weight excluding hydrogens is 765 g/mol. The average molecular weight is 876 g/mol. The summed E-state index contributed by atoms with van der Waals surface area (Å²) < 4.78 is 0. The Bertz CT molecular complexity index is 870. The van der Waals surface area contributed by atoms with Crippen LogP contribution in [0.2, 0.25) is 0 Å². The van der Waals surface area contributed by atoms with Gasteiger partial charge in [-0.05, 0) is 103 Å². The third-order valence-corrected chi connectivity index (χ3v) is 13.6. The number of unbranched alkanes of at least 4 members (excludes halogenated alkanes) is 22. The Morgan fingerprint density at radius 3 is 0.935 bits per heavy atom. The number of hydrogen-bond donors (Lipinski definition) is 4. The van der Waals surface area contributed by atoms with E-state index in [-0.39, 0.29) is 11.8 Å². The third-order valence-electron chi connectivity index (χ3n) is 13.6. The molecule has 0 aromatic rings. The van der Waals surface area contributed by atoms with E-state index in [4.69, 9.17) is 0 Å². The second-order valence-corrected chi connectivity index (χ2v) is 19.5. The van der Waals surface area contributed by atoms with Crippen LogP contribution in [0.4, 0.5) is 0 Å². The van der Waals surface area contributed by atoms with Gasteiger partial charge in [0.15, 0.2) is 0 Å². The molecule has 0 spiro atoms. The first-order valence-electron chi connectivity index (χ1n) is 28.0. The van der Waals surface area contributed by atoms with E-state index in [1.165, 1.54) is 219 Å². The van der Waals surface area contributed by atoms with E-state index in [2.05, 4.69) is 58.8 Å². The molecule has 0 aromatic carbocycles. The van der Waals surface area contributed by atoms with Crippen LogP contribution in [-0.2, 0) is 9.59 Å². The number of rotatable bonds is 48. The largest absolute Gasteiger partial charge is 0.356 e. The van der Waals surface area contributed by atoms with Crippen molar-refractivity contribution in [2.45, 2.75) is 246 Å². The minimum absolute atomic E-state index is 0.229. The first kappa shape index (κ1) is 58.8. The van der Waals surface area contributed by atoms with E-state index < -0.39 is 0 Å². The van der Waals surface area contributed by atoms with Gasteiger partial charge in [0.05, 0.1) is 0 Å². The fourth-order valence-corrected chi connectivity index (χ4v) is 9.30. The molecule has 0 aliphatic carbocycles. The van der Waals surface area contributed by atoms with Crippen molar-refractivity contribution in [1.82, 2.24) is 31.1 Å². The molecule has 8 heteroatoms. The van der Waals surface area contributed by atoms with Crippen molar-refractivity contribution >= 4 is 11.8 Å². The van der Waals surface area contributed by atoms with Crippen LogP contribution in [0.25, 0.3) is 0 Å². The first-order chi connectivity index (χ1) is 30.5. The molecule has 1 heterocycles. The Kier molecular flexibility index (Phi) is 43.9. The molecule has 1 aliphatic heterocycles. The zero-order valence-electron chi connectivity index (χ0n) is 42.4. The Morgan fingerprint density at radius 2 is 0.597 bits per heavy atom. The van der Waals surface area contributed by atoms with Crippen LogP contribution in [0.3, 0.4) is 0 Å². The highest BCUT2D eigenvalue weighted by Gasteiger charge is 2.19. The number of piperazine rings is 1. The molecule has 1 aliphatic rings. The Morgan fingerprint density at radius 1 is 0.339 bits per heavy atom. The molecule has 0 radical (unpaired) electrons. The van der Waals surface area contributed by atoms with Crippen molar-refractivity contribution in [2.24, 2.45) is 11.8 Å². The minimum atomic E-state index is 0.229. The van der Waals surface area contributed by atoms with Gasteiger partial charge in [-0.2, -0.15) is 0 Å². The molecule has 1 fully saturated rings. The van der Waals surface area contributed by atoms with Crippen molar-refractivity contribution < 1.29 is 9.59 Å². The summed E-state index contributed by atoms with van der Waals surface area (Å²) in [6, 6.07) is 0. The van der Waals surface area contributed by atoms with Crippen molar-refractivity contribution in [3.05, 3.63) is 0 Å². The predicted molar refractivity (Wildman–Crippen MR) is 271 cm³/mol. The van der Waals surface area contributed by atoms with Crippen LogP contribution in [0, 0.1) is 11.8 Å². The normalized spacial score (nSPS) is 14.6. The quantitative estimate of drug-likeness (QED) is 0.0456. The van der Waals surface area contributed by atoms with E-state index in [9.17, 15) is 9.59 Å². The standard InChI is InChI=1S/C54H110N6O2/c1-5-9-13-17-19-27-37-51(35-25-15-11-7-3)53(61)57-43-31-23-21-29-39-55-41-33-45-59-47-49-60(50-48-59)46-34-42-56-40-30-22-24-32-44-58-54(62)52(36-26-16-12-8-4)38-28-20-18-14-10-6-2/h51-52,55-56H,5-50H2,1-4H3,(H,57,61)(H,58,62).